The average molecular weight is 545 g/mol. The fourth-order valence-corrected chi connectivity index (χ4v) is 5.98. The van der Waals surface area contributed by atoms with Crippen molar-refractivity contribution < 1.29 is 18.8 Å². The molecule has 1 aliphatic carbocycles. The minimum Gasteiger partial charge on any atom is -0.374 e. The molecule has 1 spiro atoms. The number of rotatable bonds is 7. The van der Waals surface area contributed by atoms with Gasteiger partial charge in [0.1, 0.15) is 12.4 Å². The molecule has 6 rings (SSSR count). The molecule has 0 radical (unpaired) electrons. The number of benzene rings is 2. The van der Waals surface area contributed by atoms with Crippen molar-refractivity contribution in [2.45, 2.75) is 44.3 Å². The number of urea groups is 1. The summed E-state index contributed by atoms with van der Waals surface area (Å²) >= 11 is 0. The number of aromatic nitrogens is 2. The number of aryl methyl sites for hydroxylation is 1. The highest BCUT2D eigenvalue weighted by Gasteiger charge is 2.55. The lowest BCUT2D eigenvalue weighted by Crippen LogP contribution is -2.51. The van der Waals surface area contributed by atoms with Crippen molar-refractivity contribution in [2.75, 3.05) is 25.0 Å². The standard InChI is InChI=1S/C30H33FN6O3/c1-19(21-6-7-21)36(16-20-4-9-24(31)10-5-20)27(38)18-37-28(39)30(33-29(37)40)12-13-34(2)26-14-22(8-11-25(26)30)23-15-32-35(3)17-23/h4-5,8-11,14-15,17,19,21H,6-7,12-13,16,18H2,1-3H3,(H,33,40)/t19-,30?/m0/s1. The van der Waals surface area contributed by atoms with Gasteiger partial charge >= 0.3 is 6.03 Å². The van der Waals surface area contributed by atoms with Crippen LogP contribution < -0.4 is 10.2 Å². The van der Waals surface area contributed by atoms with Crippen LogP contribution in [0.15, 0.2) is 54.9 Å². The van der Waals surface area contributed by atoms with Gasteiger partial charge in [-0.2, -0.15) is 5.10 Å². The molecule has 10 heteroatoms. The van der Waals surface area contributed by atoms with Crippen molar-refractivity contribution in [3.8, 4) is 11.1 Å². The Bertz CT molecular complexity index is 1480. The molecule has 1 unspecified atom stereocenters. The first-order valence-electron chi connectivity index (χ1n) is 13.7. The molecule has 3 aliphatic rings. The monoisotopic (exact) mass is 544 g/mol. The van der Waals surface area contributed by atoms with Crippen LogP contribution in [0.4, 0.5) is 14.9 Å². The zero-order chi connectivity index (χ0) is 28.2. The zero-order valence-electron chi connectivity index (χ0n) is 22.9. The number of amides is 4. The van der Waals surface area contributed by atoms with Gasteiger partial charge in [-0.05, 0) is 55.0 Å². The summed E-state index contributed by atoms with van der Waals surface area (Å²) in [5.74, 6) is -0.666. The Morgan fingerprint density at radius 1 is 1.15 bits per heavy atom. The van der Waals surface area contributed by atoms with Crippen LogP contribution in [0.5, 0.6) is 0 Å². The topological polar surface area (TPSA) is 90.8 Å². The van der Waals surface area contributed by atoms with Gasteiger partial charge < -0.3 is 15.1 Å². The van der Waals surface area contributed by atoms with E-state index >= 15 is 0 Å². The Kier molecular flexibility index (Phi) is 6.35. The molecule has 9 nitrogen and oxygen atoms in total. The van der Waals surface area contributed by atoms with E-state index in [1.807, 2.05) is 45.4 Å². The molecule has 1 aromatic heterocycles. The van der Waals surface area contributed by atoms with E-state index < -0.39 is 17.5 Å². The van der Waals surface area contributed by atoms with Gasteiger partial charge in [-0.15, -0.1) is 0 Å². The van der Waals surface area contributed by atoms with Gasteiger partial charge in [-0.1, -0.05) is 24.3 Å². The Morgan fingerprint density at radius 2 is 1.90 bits per heavy atom. The summed E-state index contributed by atoms with van der Waals surface area (Å²) in [6.45, 7) is 2.51. The van der Waals surface area contributed by atoms with E-state index in [0.29, 0.717) is 18.9 Å². The highest BCUT2D eigenvalue weighted by Crippen LogP contribution is 2.43. The quantitative estimate of drug-likeness (QED) is 0.459. The molecular weight excluding hydrogens is 511 g/mol. The fourth-order valence-electron chi connectivity index (χ4n) is 5.98. The van der Waals surface area contributed by atoms with Crippen molar-refractivity contribution in [3.63, 3.8) is 0 Å². The van der Waals surface area contributed by atoms with Crippen LogP contribution in [0.3, 0.4) is 0 Å². The second kappa shape index (κ2) is 9.76. The molecule has 2 atom stereocenters. The molecule has 3 aromatic rings. The third-order valence-corrected chi connectivity index (χ3v) is 8.58. The highest BCUT2D eigenvalue weighted by atomic mass is 19.1. The van der Waals surface area contributed by atoms with Crippen LogP contribution >= 0.6 is 0 Å². The lowest BCUT2D eigenvalue weighted by Gasteiger charge is -2.39. The van der Waals surface area contributed by atoms with Crippen molar-refractivity contribution in [2.24, 2.45) is 13.0 Å². The van der Waals surface area contributed by atoms with Crippen LogP contribution in [-0.4, -0.2) is 63.6 Å². The summed E-state index contributed by atoms with van der Waals surface area (Å²) in [5, 5.41) is 7.21. The van der Waals surface area contributed by atoms with Crippen molar-refractivity contribution >= 4 is 23.5 Å². The minimum absolute atomic E-state index is 0.0535. The molecule has 208 valence electrons. The number of imide groups is 1. The number of carbonyl (C=O) groups is 3. The van der Waals surface area contributed by atoms with Crippen LogP contribution in [-0.2, 0) is 28.7 Å². The van der Waals surface area contributed by atoms with Gasteiger partial charge in [-0.25, -0.2) is 9.18 Å². The summed E-state index contributed by atoms with van der Waals surface area (Å²) in [4.78, 5) is 45.8. The second-order valence-electron chi connectivity index (χ2n) is 11.3. The molecule has 2 aliphatic heterocycles. The van der Waals surface area contributed by atoms with E-state index in [0.717, 1.165) is 45.7 Å². The largest absolute Gasteiger partial charge is 0.374 e. The summed E-state index contributed by atoms with van der Waals surface area (Å²) in [6, 6.07) is 11.3. The molecule has 1 N–H and O–H groups in total. The number of halogens is 1. The van der Waals surface area contributed by atoms with Gasteiger partial charge in [-0.3, -0.25) is 19.2 Å². The first-order valence-corrected chi connectivity index (χ1v) is 13.7. The van der Waals surface area contributed by atoms with Crippen LogP contribution in [0.25, 0.3) is 11.1 Å². The minimum atomic E-state index is -1.23. The summed E-state index contributed by atoms with van der Waals surface area (Å²) in [6.07, 6.45) is 6.18. The summed E-state index contributed by atoms with van der Waals surface area (Å²) in [7, 11) is 3.83. The normalized spacial score (nSPS) is 21.0. The maximum atomic E-state index is 14.0. The second-order valence-corrected chi connectivity index (χ2v) is 11.3. The van der Waals surface area contributed by atoms with Crippen molar-refractivity contribution in [3.05, 3.63) is 71.8 Å². The smallest absolute Gasteiger partial charge is 0.325 e. The molecule has 40 heavy (non-hydrogen) atoms. The molecule has 0 bridgehead atoms. The molecule has 3 heterocycles. The first kappa shape index (κ1) is 26.0. The number of fused-ring (bicyclic) bond motifs is 2. The Morgan fingerprint density at radius 3 is 2.58 bits per heavy atom. The molecule has 2 aromatic carbocycles. The average Bonchev–Trinajstić information content (AvgIpc) is 3.66. The van der Waals surface area contributed by atoms with E-state index in [2.05, 4.69) is 15.3 Å². The molecule has 1 saturated heterocycles. The number of anilines is 1. The Labute approximate surface area is 232 Å². The summed E-state index contributed by atoms with van der Waals surface area (Å²) < 4.78 is 15.2. The van der Waals surface area contributed by atoms with Crippen LogP contribution in [0.2, 0.25) is 0 Å². The maximum absolute atomic E-state index is 14.0. The van der Waals surface area contributed by atoms with Gasteiger partial charge in [0.2, 0.25) is 5.91 Å². The predicted octanol–water partition coefficient (Wildman–Crippen LogP) is 3.64. The molecule has 2 fully saturated rings. The van der Waals surface area contributed by atoms with E-state index in [1.54, 1.807) is 27.9 Å². The lowest BCUT2D eigenvalue weighted by molar-refractivity contribution is -0.141. The van der Waals surface area contributed by atoms with E-state index in [9.17, 15) is 18.8 Å². The number of hydrogen-bond donors (Lipinski definition) is 1. The van der Waals surface area contributed by atoms with E-state index in [-0.39, 0.29) is 30.9 Å². The molecular formula is C30H33FN6O3. The van der Waals surface area contributed by atoms with Crippen molar-refractivity contribution in [1.82, 2.24) is 24.9 Å². The number of nitrogens with one attached hydrogen (secondary N) is 1. The van der Waals surface area contributed by atoms with Crippen molar-refractivity contribution in [1.29, 1.82) is 0 Å². The molecule has 4 amide bonds. The SMILES string of the molecule is C[C@@H](C1CC1)N(Cc1ccc(F)cc1)C(=O)CN1C(=O)NC2(CCN(C)c3cc(-c4cnn(C)c4)ccc32)C1=O. The highest BCUT2D eigenvalue weighted by molar-refractivity contribution is 6.10. The van der Waals surface area contributed by atoms with E-state index in [1.165, 1.54) is 12.1 Å². The van der Waals surface area contributed by atoms with Gasteiger partial charge in [0.05, 0.1) is 6.20 Å². The number of hydrogen-bond acceptors (Lipinski definition) is 5. The van der Waals surface area contributed by atoms with Gasteiger partial charge in [0, 0.05) is 62.7 Å². The predicted molar refractivity (Wildman–Crippen MR) is 148 cm³/mol. The first-order chi connectivity index (χ1) is 19.2. The van der Waals surface area contributed by atoms with E-state index in [4.69, 9.17) is 0 Å². The zero-order valence-corrected chi connectivity index (χ0v) is 22.9. The van der Waals surface area contributed by atoms with Gasteiger partial charge in [0.15, 0.2) is 5.54 Å². The summed E-state index contributed by atoms with van der Waals surface area (Å²) in [5.41, 5.74) is 3.07. The number of carbonyl (C=O) groups excluding carboxylic acids is 3. The Hall–Kier alpha value is -4.21. The lowest BCUT2D eigenvalue weighted by atomic mass is 9.81. The fraction of sp³-hybridized carbons (Fsp3) is 0.400. The molecule has 1 saturated carbocycles. The maximum Gasteiger partial charge on any atom is 0.325 e. The third-order valence-electron chi connectivity index (χ3n) is 8.58. The third kappa shape index (κ3) is 4.51. The van der Waals surface area contributed by atoms with Crippen LogP contribution in [0.1, 0.15) is 37.3 Å². The Balaban J connectivity index is 1.26. The van der Waals surface area contributed by atoms with Crippen LogP contribution in [0, 0.1) is 11.7 Å². The number of nitrogens with zero attached hydrogens (tertiary/aromatic N) is 5. The van der Waals surface area contributed by atoms with Gasteiger partial charge in [0.25, 0.3) is 5.91 Å².